The number of nitrogens with zero attached hydrogens (tertiary/aromatic N) is 1. The number of nitrogens with two attached hydrogens (primary N) is 1. The molecule has 13 heavy (non-hydrogen) atoms. The molecule has 0 aromatic heterocycles. The highest BCUT2D eigenvalue weighted by molar-refractivity contribution is 4.84. The first kappa shape index (κ1) is 11.0. The molecule has 1 aliphatic carbocycles. The Morgan fingerprint density at radius 2 is 2.23 bits per heavy atom. The molecule has 3 atom stereocenters. The predicted octanol–water partition coefficient (Wildman–Crippen LogP) is 0.426. The molecule has 3 unspecified atom stereocenters. The van der Waals surface area contributed by atoms with Gasteiger partial charge < -0.3 is 15.7 Å². The predicted molar refractivity (Wildman–Crippen MR) is 54.5 cm³/mol. The fraction of sp³-hybridized carbons (Fsp3) is 1.00. The quantitative estimate of drug-likeness (QED) is 0.669. The Hall–Kier alpha value is -0.120. The van der Waals surface area contributed by atoms with Gasteiger partial charge in [0.1, 0.15) is 0 Å². The highest BCUT2D eigenvalue weighted by atomic mass is 16.3. The summed E-state index contributed by atoms with van der Waals surface area (Å²) in [5.41, 5.74) is 5.70. The van der Waals surface area contributed by atoms with Gasteiger partial charge in [0.2, 0.25) is 0 Å². The number of rotatable bonds is 4. The van der Waals surface area contributed by atoms with E-state index in [1.54, 1.807) is 0 Å². The highest BCUT2D eigenvalue weighted by Crippen LogP contribution is 2.28. The van der Waals surface area contributed by atoms with Crippen molar-refractivity contribution in [2.75, 3.05) is 20.1 Å². The van der Waals surface area contributed by atoms with Crippen molar-refractivity contribution in [3.63, 3.8) is 0 Å². The van der Waals surface area contributed by atoms with Crippen LogP contribution in [-0.4, -0.2) is 42.3 Å². The molecule has 0 spiro atoms. The van der Waals surface area contributed by atoms with Gasteiger partial charge >= 0.3 is 0 Å². The molecule has 1 fully saturated rings. The van der Waals surface area contributed by atoms with Gasteiger partial charge in [0.05, 0.1) is 6.10 Å². The minimum atomic E-state index is -0.232. The summed E-state index contributed by atoms with van der Waals surface area (Å²) in [5.74, 6) is 0.642. The monoisotopic (exact) mass is 186 g/mol. The number of hydrogen-bond donors (Lipinski definition) is 2. The maximum atomic E-state index is 9.27. The summed E-state index contributed by atoms with van der Waals surface area (Å²) in [6.45, 7) is 3.39. The van der Waals surface area contributed by atoms with Crippen molar-refractivity contribution in [3.8, 4) is 0 Å². The van der Waals surface area contributed by atoms with E-state index >= 15 is 0 Å². The first-order valence-electron chi connectivity index (χ1n) is 5.23. The van der Waals surface area contributed by atoms with E-state index < -0.39 is 0 Å². The maximum Gasteiger partial charge on any atom is 0.0639 e. The number of aliphatic hydroxyl groups is 1. The van der Waals surface area contributed by atoms with Crippen LogP contribution in [0.4, 0.5) is 0 Å². The van der Waals surface area contributed by atoms with Crippen LogP contribution in [0.15, 0.2) is 0 Å². The first-order valence-corrected chi connectivity index (χ1v) is 5.23. The van der Waals surface area contributed by atoms with Crippen LogP contribution in [0.1, 0.15) is 26.2 Å². The van der Waals surface area contributed by atoms with Crippen LogP contribution in [0.5, 0.6) is 0 Å². The molecule has 1 rings (SSSR count). The third kappa shape index (κ3) is 2.93. The van der Waals surface area contributed by atoms with Crippen molar-refractivity contribution in [1.29, 1.82) is 0 Å². The summed E-state index contributed by atoms with van der Waals surface area (Å²) in [4.78, 5) is 2.26. The zero-order chi connectivity index (χ0) is 9.84. The van der Waals surface area contributed by atoms with E-state index in [2.05, 4.69) is 11.9 Å². The van der Waals surface area contributed by atoms with Crippen LogP contribution in [-0.2, 0) is 0 Å². The van der Waals surface area contributed by atoms with Crippen LogP contribution >= 0.6 is 0 Å². The Morgan fingerprint density at radius 3 is 2.77 bits per heavy atom. The van der Waals surface area contributed by atoms with Gasteiger partial charge in [-0.15, -0.1) is 0 Å². The van der Waals surface area contributed by atoms with Gasteiger partial charge in [0, 0.05) is 12.6 Å². The summed E-state index contributed by atoms with van der Waals surface area (Å²) >= 11 is 0. The van der Waals surface area contributed by atoms with Gasteiger partial charge in [0.15, 0.2) is 0 Å². The van der Waals surface area contributed by atoms with E-state index in [9.17, 15) is 5.11 Å². The summed E-state index contributed by atoms with van der Waals surface area (Å²) in [6.07, 6.45) is 3.55. The molecule has 0 aliphatic heterocycles. The third-order valence-corrected chi connectivity index (χ3v) is 3.04. The van der Waals surface area contributed by atoms with Crippen LogP contribution < -0.4 is 5.73 Å². The largest absolute Gasteiger partial charge is 0.392 e. The standard InChI is InChI=1S/C10H22N2O/c1-8(13)7-12(2)10-5-3-4-9(10)6-11/h8-10,13H,3-7,11H2,1-2H3. The average Bonchev–Trinajstić information content (AvgIpc) is 2.49. The van der Waals surface area contributed by atoms with E-state index in [4.69, 9.17) is 5.73 Å². The molecule has 3 N–H and O–H groups in total. The van der Waals surface area contributed by atoms with Gasteiger partial charge in [-0.2, -0.15) is 0 Å². The van der Waals surface area contributed by atoms with E-state index in [1.807, 2.05) is 6.92 Å². The molecule has 0 bridgehead atoms. The summed E-state index contributed by atoms with van der Waals surface area (Å²) in [7, 11) is 2.09. The number of hydrogen-bond acceptors (Lipinski definition) is 3. The zero-order valence-electron chi connectivity index (χ0n) is 8.74. The summed E-state index contributed by atoms with van der Waals surface area (Å²) in [6, 6.07) is 0.597. The molecular weight excluding hydrogens is 164 g/mol. The molecule has 3 nitrogen and oxygen atoms in total. The third-order valence-electron chi connectivity index (χ3n) is 3.04. The van der Waals surface area contributed by atoms with Gasteiger partial charge in [0.25, 0.3) is 0 Å². The molecule has 0 radical (unpaired) electrons. The van der Waals surface area contributed by atoms with Crippen LogP contribution in [0.25, 0.3) is 0 Å². The van der Waals surface area contributed by atoms with Crippen LogP contribution in [0, 0.1) is 5.92 Å². The zero-order valence-corrected chi connectivity index (χ0v) is 8.74. The Kier molecular flexibility index (Phi) is 4.16. The first-order chi connectivity index (χ1) is 6.15. The van der Waals surface area contributed by atoms with Crippen molar-refractivity contribution >= 4 is 0 Å². The van der Waals surface area contributed by atoms with Crippen LogP contribution in [0.3, 0.4) is 0 Å². The van der Waals surface area contributed by atoms with E-state index in [-0.39, 0.29) is 6.10 Å². The minimum absolute atomic E-state index is 0.232. The van der Waals surface area contributed by atoms with Crippen LogP contribution in [0.2, 0.25) is 0 Å². The Balaban J connectivity index is 2.40. The Labute approximate surface area is 80.9 Å². The molecule has 0 aromatic carbocycles. The number of likely N-dealkylation sites (N-methyl/N-ethyl adjacent to an activating group) is 1. The smallest absolute Gasteiger partial charge is 0.0639 e. The lowest BCUT2D eigenvalue weighted by molar-refractivity contribution is 0.104. The van der Waals surface area contributed by atoms with Gasteiger partial charge in [-0.3, -0.25) is 0 Å². The normalized spacial score (nSPS) is 31.2. The highest BCUT2D eigenvalue weighted by Gasteiger charge is 2.29. The molecule has 0 saturated heterocycles. The lowest BCUT2D eigenvalue weighted by Gasteiger charge is -2.29. The van der Waals surface area contributed by atoms with Crippen molar-refractivity contribution in [3.05, 3.63) is 0 Å². The maximum absolute atomic E-state index is 9.27. The fourth-order valence-corrected chi connectivity index (χ4v) is 2.42. The molecule has 0 heterocycles. The van der Waals surface area contributed by atoms with E-state index in [0.717, 1.165) is 13.1 Å². The second-order valence-corrected chi connectivity index (χ2v) is 4.28. The van der Waals surface area contributed by atoms with Gasteiger partial charge in [-0.1, -0.05) is 6.42 Å². The summed E-state index contributed by atoms with van der Waals surface area (Å²) < 4.78 is 0. The van der Waals surface area contributed by atoms with E-state index in [1.165, 1.54) is 19.3 Å². The molecule has 1 saturated carbocycles. The van der Waals surface area contributed by atoms with E-state index in [0.29, 0.717) is 12.0 Å². The Bertz CT molecular complexity index is 150. The number of aliphatic hydroxyl groups excluding tert-OH is 1. The van der Waals surface area contributed by atoms with Crippen molar-refractivity contribution in [2.45, 2.75) is 38.3 Å². The SMILES string of the molecule is CC(O)CN(C)C1CCCC1CN. The van der Waals surface area contributed by atoms with Crippen molar-refractivity contribution in [1.82, 2.24) is 4.90 Å². The van der Waals surface area contributed by atoms with Gasteiger partial charge in [-0.25, -0.2) is 0 Å². The van der Waals surface area contributed by atoms with Crippen molar-refractivity contribution < 1.29 is 5.11 Å². The van der Waals surface area contributed by atoms with Crippen molar-refractivity contribution in [2.24, 2.45) is 11.7 Å². The summed E-state index contributed by atoms with van der Waals surface area (Å²) in [5, 5.41) is 9.27. The molecule has 3 heteroatoms. The molecule has 78 valence electrons. The van der Waals surface area contributed by atoms with Gasteiger partial charge in [-0.05, 0) is 39.3 Å². The lowest BCUT2D eigenvalue weighted by atomic mass is 10.0. The molecule has 0 aromatic rings. The molecule has 1 aliphatic rings. The Morgan fingerprint density at radius 1 is 1.54 bits per heavy atom. The fourth-order valence-electron chi connectivity index (χ4n) is 2.42. The average molecular weight is 186 g/mol. The second-order valence-electron chi connectivity index (χ2n) is 4.28. The molecular formula is C10H22N2O. The second kappa shape index (κ2) is 4.94. The topological polar surface area (TPSA) is 49.5 Å². The molecule has 0 amide bonds. The minimum Gasteiger partial charge on any atom is -0.392 e. The lowest BCUT2D eigenvalue weighted by Crippen LogP contribution is -2.41.